The molecule has 0 spiro atoms. The summed E-state index contributed by atoms with van der Waals surface area (Å²) in [5, 5.41) is 13.0. The molecule has 5 nitrogen and oxygen atoms in total. The molecular weight excluding hydrogens is 321 g/mol. The summed E-state index contributed by atoms with van der Waals surface area (Å²) in [4.78, 5) is 26.7. The Morgan fingerprint density at radius 1 is 1.36 bits per heavy atom. The van der Waals surface area contributed by atoms with E-state index < -0.39 is 30.5 Å². The van der Waals surface area contributed by atoms with E-state index >= 15 is 0 Å². The fraction of sp³-hybridized carbons (Fsp3) is 0.615. The molecule has 0 aliphatic rings. The number of rotatable bonds is 5. The Bertz CT molecular complexity index is 549. The molecule has 1 unspecified atom stereocenters. The predicted octanol–water partition coefficient (Wildman–Crippen LogP) is 2.50. The Balaban J connectivity index is 2.68. The molecule has 0 saturated carbocycles. The minimum absolute atomic E-state index is 0.195. The van der Waals surface area contributed by atoms with E-state index in [0.717, 1.165) is 5.01 Å². The average molecular weight is 338 g/mol. The molecule has 2 N–H and O–H groups in total. The van der Waals surface area contributed by atoms with Crippen LogP contribution in [0.5, 0.6) is 0 Å². The Hall–Kier alpha value is -1.64. The summed E-state index contributed by atoms with van der Waals surface area (Å²) in [6, 6.07) is -1.99. The van der Waals surface area contributed by atoms with Gasteiger partial charge in [-0.25, -0.2) is 9.78 Å². The highest BCUT2D eigenvalue weighted by Crippen LogP contribution is 2.26. The molecule has 0 aliphatic heterocycles. The molecule has 1 aromatic heterocycles. The number of carboxylic acid groups (broad SMARTS) is 1. The number of carbonyl (C=O) groups excluding carboxylic acids is 1. The van der Waals surface area contributed by atoms with Crippen molar-refractivity contribution >= 4 is 23.2 Å². The summed E-state index contributed by atoms with van der Waals surface area (Å²) in [6.07, 6.45) is -6.54. The molecule has 0 fully saturated rings. The molecule has 0 aromatic carbocycles. The van der Waals surface area contributed by atoms with Crippen LogP contribution in [0.1, 0.15) is 37.9 Å². The van der Waals surface area contributed by atoms with E-state index in [4.69, 9.17) is 5.11 Å². The van der Waals surface area contributed by atoms with Crippen LogP contribution in [0.2, 0.25) is 0 Å². The quantitative estimate of drug-likeness (QED) is 0.864. The van der Waals surface area contributed by atoms with E-state index in [1.807, 2.05) is 26.1 Å². The van der Waals surface area contributed by atoms with Crippen molar-refractivity contribution in [2.75, 3.05) is 0 Å². The number of alkyl halides is 3. The Kier molecular flexibility index (Phi) is 5.55. The number of amides is 1. The number of nitrogens with zero attached hydrogens (tertiary/aromatic N) is 1. The largest absolute Gasteiger partial charge is 0.480 e. The number of thiazole rings is 1. The molecular formula is C13H17F3N2O3S. The van der Waals surface area contributed by atoms with Crippen molar-refractivity contribution in [1.29, 1.82) is 0 Å². The summed E-state index contributed by atoms with van der Waals surface area (Å²) >= 11 is 1.35. The first-order chi connectivity index (χ1) is 9.88. The second-order valence-electron chi connectivity index (χ2n) is 5.85. The van der Waals surface area contributed by atoms with Crippen LogP contribution in [0.15, 0.2) is 5.38 Å². The van der Waals surface area contributed by atoms with E-state index in [0.29, 0.717) is 5.69 Å². The molecule has 0 saturated heterocycles. The molecule has 0 aliphatic carbocycles. The van der Waals surface area contributed by atoms with Gasteiger partial charge < -0.3 is 10.4 Å². The van der Waals surface area contributed by atoms with E-state index in [-0.39, 0.29) is 11.8 Å². The van der Waals surface area contributed by atoms with Crippen molar-refractivity contribution in [1.82, 2.24) is 10.3 Å². The number of carboxylic acids is 1. The minimum atomic E-state index is -4.67. The fourth-order valence-electron chi connectivity index (χ4n) is 1.57. The Morgan fingerprint density at radius 2 is 1.95 bits per heavy atom. The first-order valence-electron chi connectivity index (χ1n) is 6.42. The number of nitrogens with one attached hydrogen (secondary N) is 1. The summed E-state index contributed by atoms with van der Waals surface area (Å²) in [7, 11) is 0. The number of carbonyl (C=O) groups is 2. The summed E-state index contributed by atoms with van der Waals surface area (Å²) in [5.41, 5.74) is 0.211. The van der Waals surface area contributed by atoms with Crippen LogP contribution in [-0.4, -0.2) is 34.2 Å². The van der Waals surface area contributed by atoms with Crippen molar-refractivity contribution in [3.05, 3.63) is 16.1 Å². The van der Waals surface area contributed by atoms with Crippen molar-refractivity contribution in [2.24, 2.45) is 0 Å². The van der Waals surface area contributed by atoms with Crippen LogP contribution in [-0.2, 0) is 21.4 Å². The maximum absolute atomic E-state index is 12.3. The van der Waals surface area contributed by atoms with Crippen LogP contribution >= 0.6 is 11.3 Å². The van der Waals surface area contributed by atoms with Gasteiger partial charge in [-0.05, 0) is 0 Å². The molecule has 0 radical (unpaired) electrons. The van der Waals surface area contributed by atoms with Gasteiger partial charge in [0.2, 0.25) is 5.91 Å². The van der Waals surface area contributed by atoms with Crippen LogP contribution in [0, 0.1) is 0 Å². The van der Waals surface area contributed by atoms with Crippen molar-refractivity contribution in [3.63, 3.8) is 0 Å². The minimum Gasteiger partial charge on any atom is -0.480 e. The smallest absolute Gasteiger partial charge is 0.391 e. The zero-order chi connectivity index (χ0) is 17.1. The third-order valence-corrected chi connectivity index (χ3v) is 3.92. The Labute approximate surface area is 129 Å². The molecule has 1 rings (SSSR count). The maximum atomic E-state index is 12.3. The molecule has 1 amide bonds. The lowest BCUT2D eigenvalue weighted by atomic mass is 9.98. The summed E-state index contributed by atoms with van der Waals surface area (Å²) in [6.45, 7) is 5.83. The number of halogens is 3. The second-order valence-corrected chi connectivity index (χ2v) is 6.71. The second kappa shape index (κ2) is 6.64. The van der Waals surface area contributed by atoms with Gasteiger partial charge in [0.15, 0.2) is 0 Å². The summed E-state index contributed by atoms with van der Waals surface area (Å²) in [5.74, 6) is -2.53. The van der Waals surface area contributed by atoms with Gasteiger partial charge in [-0.3, -0.25) is 4.79 Å². The van der Waals surface area contributed by atoms with Crippen LogP contribution in [0.4, 0.5) is 13.2 Å². The van der Waals surface area contributed by atoms with Crippen molar-refractivity contribution in [3.8, 4) is 0 Å². The highest BCUT2D eigenvalue weighted by atomic mass is 32.1. The van der Waals surface area contributed by atoms with Gasteiger partial charge >= 0.3 is 12.1 Å². The highest BCUT2D eigenvalue weighted by Gasteiger charge is 2.36. The van der Waals surface area contributed by atoms with E-state index in [2.05, 4.69) is 4.98 Å². The number of hydrogen-bond donors (Lipinski definition) is 2. The van der Waals surface area contributed by atoms with Gasteiger partial charge in [0.25, 0.3) is 0 Å². The number of aliphatic carboxylic acids is 1. The lowest BCUT2D eigenvalue weighted by Gasteiger charge is -2.16. The van der Waals surface area contributed by atoms with Crippen molar-refractivity contribution < 1.29 is 27.9 Å². The van der Waals surface area contributed by atoms with Crippen LogP contribution in [0.3, 0.4) is 0 Å². The first kappa shape index (κ1) is 18.4. The maximum Gasteiger partial charge on any atom is 0.391 e. The zero-order valence-electron chi connectivity index (χ0n) is 12.3. The van der Waals surface area contributed by atoms with Gasteiger partial charge in [0.05, 0.1) is 23.5 Å². The SMILES string of the molecule is CC(C)(C)c1nc(CC(=O)NC(CC(F)(F)F)C(=O)O)cs1. The molecule has 1 aromatic rings. The molecule has 1 heterocycles. The first-order valence-corrected chi connectivity index (χ1v) is 7.30. The van der Waals surface area contributed by atoms with Gasteiger partial charge in [-0.15, -0.1) is 11.3 Å². The average Bonchev–Trinajstić information content (AvgIpc) is 2.74. The molecule has 0 bridgehead atoms. The molecule has 9 heteroatoms. The van der Waals surface area contributed by atoms with E-state index in [9.17, 15) is 22.8 Å². The monoisotopic (exact) mass is 338 g/mol. The molecule has 1 atom stereocenters. The normalized spacial score (nSPS) is 13.7. The highest BCUT2D eigenvalue weighted by molar-refractivity contribution is 7.09. The van der Waals surface area contributed by atoms with Gasteiger partial charge in [-0.2, -0.15) is 13.2 Å². The van der Waals surface area contributed by atoms with Crippen LogP contribution in [0.25, 0.3) is 0 Å². The van der Waals surface area contributed by atoms with E-state index in [1.165, 1.54) is 11.3 Å². The van der Waals surface area contributed by atoms with Crippen LogP contribution < -0.4 is 5.32 Å². The lowest BCUT2D eigenvalue weighted by molar-refractivity contribution is -0.159. The van der Waals surface area contributed by atoms with Gasteiger partial charge in [-0.1, -0.05) is 20.8 Å². The standard InChI is InChI=1S/C13H17F3N2O3S/c1-12(2,3)11-17-7(6-22-11)4-9(19)18-8(10(20)21)5-13(14,15)16/h6,8H,4-5H2,1-3H3,(H,18,19)(H,20,21). The number of aromatic nitrogens is 1. The van der Waals surface area contributed by atoms with E-state index in [1.54, 1.807) is 5.38 Å². The fourth-order valence-corrected chi connectivity index (χ4v) is 2.48. The predicted molar refractivity (Wildman–Crippen MR) is 74.8 cm³/mol. The van der Waals surface area contributed by atoms with Gasteiger partial charge in [0.1, 0.15) is 6.04 Å². The number of hydrogen-bond acceptors (Lipinski definition) is 4. The summed E-state index contributed by atoms with van der Waals surface area (Å²) < 4.78 is 36.8. The Morgan fingerprint density at radius 3 is 2.36 bits per heavy atom. The third kappa shape index (κ3) is 6.00. The zero-order valence-corrected chi connectivity index (χ0v) is 13.1. The van der Waals surface area contributed by atoms with Gasteiger partial charge in [0, 0.05) is 10.8 Å². The van der Waals surface area contributed by atoms with Crippen molar-refractivity contribution in [2.45, 2.75) is 51.2 Å². The third-order valence-electron chi connectivity index (χ3n) is 2.60. The molecule has 124 valence electrons. The lowest BCUT2D eigenvalue weighted by Crippen LogP contribution is -2.44. The topological polar surface area (TPSA) is 79.3 Å². The molecule has 22 heavy (non-hydrogen) atoms.